The van der Waals surface area contributed by atoms with Gasteiger partial charge in [-0.1, -0.05) is 12.8 Å². The van der Waals surface area contributed by atoms with Crippen molar-refractivity contribution in [1.82, 2.24) is 15.6 Å². The van der Waals surface area contributed by atoms with E-state index in [9.17, 15) is 0 Å². The van der Waals surface area contributed by atoms with Crippen molar-refractivity contribution in [2.45, 2.75) is 57.2 Å². The molecule has 1 aromatic rings. The van der Waals surface area contributed by atoms with E-state index in [-0.39, 0.29) is 0 Å². The molecule has 3 atom stereocenters. The number of rotatable bonds is 4. The minimum atomic E-state index is 0.671. The van der Waals surface area contributed by atoms with E-state index >= 15 is 0 Å². The highest BCUT2D eigenvalue weighted by Gasteiger charge is 2.31. The van der Waals surface area contributed by atoms with Gasteiger partial charge < -0.3 is 10.6 Å². The maximum Gasteiger partial charge on any atom is 0.106 e. The first-order valence-corrected chi connectivity index (χ1v) is 8.15. The molecule has 4 heteroatoms. The van der Waals surface area contributed by atoms with E-state index < -0.39 is 0 Å². The monoisotopic (exact) mass is 265 g/mol. The van der Waals surface area contributed by atoms with Crippen LogP contribution >= 0.6 is 11.3 Å². The molecule has 100 valence electrons. The van der Waals surface area contributed by atoms with Gasteiger partial charge in [0, 0.05) is 36.8 Å². The zero-order valence-corrected chi connectivity index (χ0v) is 11.7. The molecule has 2 fully saturated rings. The average Bonchev–Trinajstić information content (AvgIpc) is 2.92. The van der Waals surface area contributed by atoms with Crippen LogP contribution in [0.5, 0.6) is 0 Å². The number of hydrogen-bond donors (Lipinski definition) is 2. The molecule has 3 unspecified atom stereocenters. The van der Waals surface area contributed by atoms with Crippen LogP contribution in [0.3, 0.4) is 0 Å². The summed E-state index contributed by atoms with van der Waals surface area (Å²) in [7, 11) is 0. The van der Waals surface area contributed by atoms with Crippen LogP contribution in [-0.4, -0.2) is 23.6 Å². The Balaban J connectivity index is 1.41. The quantitative estimate of drug-likeness (QED) is 0.878. The van der Waals surface area contributed by atoms with Crippen LogP contribution in [0.2, 0.25) is 0 Å². The second kappa shape index (κ2) is 6.13. The summed E-state index contributed by atoms with van der Waals surface area (Å²) in [4.78, 5) is 4.30. The Hall–Kier alpha value is -0.450. The molecule has 0 aromatic carbocycles. The molecule has 2 aliphatic rings. The van der Waals surface area contributed by atoms with Gasteiger partial charge in [0.15, 0.2) is 0 Å². The first-order valence-electron chi connectivity index (χ1n) is 7.27. The molecule has 1 aromatic heterocycles. The summed E-state index contributed by atoms with van der Waals surface area (Å²) in [5, 5.41) is 10.6. The summed E-state index contributed by atoms with van der Waals surface area (Å²) in [6, 6.07) is 1.48. The Morgan fingerprint density at radius 2 is 2.22 bits per heavy atom. The molecular weight excluding hydrogens is 242 g/mol. The Labute approximate surface area is 113 Å². The normalized spacial score (nSPS) is 32.1. The first kappa shape index (κ1) is 12.6. The largest absolute Gasteiger partial charge is 0.310 e. The molecule has 1 aliphatic heterocycles. The summed E-state index contributed by atoms with van der Waals surface area (Å²) in [6.07, 6.45) is 10.4. The molecule has 0 amide bonds. The van der Waals surface area contributed by atoms with Gasteiger partial charge in [0.2, 0.25) is 0 Å². The summed E-state index contributed by atoms with van der Waals surface area (Å²) >= 11 is 1.73. The molecular formula is C14H23N3S. The predicted molar refractivity (Wildman–Crippen MR) is 75.7 cm³/mol. The molecule has 0 radical (unpaired) electrons. The number of thiazole rings is 1. The average molecular weight is 265 g/mol. The molecule has 0 bridgehead atoms. The number of hydrogen-bond acceptors (Lipinski definition) is 4. The maximum absolute atomic E-state index is 4.30. The Morgan fingerprint density at radius 1 is 1.28 bits per heavy atom. The molecule has 2 heterocycles. The molecule has 3 nitrogen and oxygen atoms in total. The Morgan fingerprint density at radius 3 is 3.11 bits per heavy atom. The first-order chi connectivity index (χ1) is 8.92. The highest BCUT2D eigenvalue weighted by Crippen LogP contribution is 2.31. The second-order valence-electron chi connectivity index (χ2n) is 5.65. The van der Waals surface area contributed by atoms with Crippen LogP contribution in [0.4, 0.5) is 0 Å². The van der Waals surface area contributed by atoms with Crippen molar-refractivity contribution in [2.75, 3.05) is 6.54 Å². The van der Waals surface area contributed by atoms with Gasteiger partial charge in [-0.3, -0.25) is 0 Å². The van der Waals surface area contributed by atoms with E-state index in [4.69, 9.17) is 0 Å². The molecule has 2 N–H and O–H groups in total. The zero-order chi connectivity index (χ0) is 12.2. The fraction of sp³-hybridized carbons (Fsp3) is 0.786. The summed E-state index contributed by atoms with van der Waals surface area (Å²) in [5.74, 6) is 0.967. The number of nitrogens with zero attached hydrogens (tertiary/aromatic N) is 1. The molecule has 3 rings (SSSR count). The van der Waals surface area contributed by atoms with Gasteiger partial charge in [0.1, 0.15) is 5.01 Å². The fourth-order valence-corrected chi connectivity index (χ4v) is 4.01. The van der Waals surface area contributed by atoms with Crippen LogP contribution in [0.1, 0.15) is 43.5 Å². The van der Waals surface area contributed by atoms with E-state index in [1.54, 1.807) is 11.3 Å². The van der Waals surface area contributed by atoms with Crippen molar-refractivity contribution in [3.63, 3.8) is 0 Å². The number of aromatic nitrogens is 1. The van der Waals surface area contributed by atoms with Gasteiger partial charge >= 0.3 is 0 Å². The lowest BCUT2D eigenvalue weighted by Gasteiger charge is -2.40. The van der Waals surface area contributed by atoms with Crippen LogP contribution in [0.25, 0.3) is 0 Å². The molecule has 1 saturated carbocycles. The summed E-state index contributed by atoms with van der Waals surface area (Å²) < 4.78 is 0. The van der Waals surface area contributed by atoms with E-state index in [0.29, 0.717) is 6.04 Å². The maximum atomic E-state index is 4.30. The van der Waals surface area contributed by atoms with Crippen LogP contribution in [-0.2, 0) is 6.54 Å². The van der Waals surface area contributed by atoms with Gasteiger partial charge in [0.05, 0.1) is 0 Å². The SMILES string of the molecule is c1csc(CNCC2CCC3CCCCC3N2)n1. The van der Waals surface area contributed by atoms with Crippen LogP contribution in [0.15, 0.2) is 11.6 Å². The van der Waals surface area contributed by atoms with Crippen molar-refractivity contribution >= 4 is 11.3 Å². The third-order valence-corrected chi connectivity index (χ3v) is 5.17. The van der Waals surface area contributed by atoms with Gasteiger partial charge in [-0.25, -0.2) is 4.98 Å². The third-order valence-electron chi connectivity index (χ3n) is 4.40. The van der Waals surface area contributed by atoms with E-state index in [2.05, 4.69) is 15.6 Å². The highest BCUT2D eigenvalue weighted by molar-refractivity contribution is 7.09. The van der Waals surface area contributed by atoms with E-state index in [1.807, 2.05) is 11.6 Å². The van der Waals surface area contributed by atoms with Crippen LogP contribution < -0.4 is 10.6 Å². The fourth-order valence-electron chi connectivity index (χ4n) is 3.43. The standard InChI is InChI=1S/C14H23N3S/c1-2-4-13-11(3-1)5-6-12(17-13)9-15-10-14-16-7-8-18-14/h7-8,11-13,15,17H,1-6,9-10H2. The van der Waals surface area contributed by atoms with Crippen molar-refractivity contribution in [1.29, 1.82) is 0 Å². The van der Waals surface area contributed by atoms with Gasteiger partial charge in [-0.2, -0.15) is 0 Å². The Kier molecular flexibility index (Phi) is 4.28. The lowest BCUT2D eigenvalue weighted by Crippen LogP contribution is -2.52. The molecule has 1 aliphatic carbocycles. The second-order valence-corrected chi connectivity index (χ2v) is 6.63. The van der Waals surface area contributed by atoms with Crippen molar-refractivity contribution < 1.29 is 0 Å². The molecule has 1 saturated heterocycles. The number of nitrogens with one attached hydrogen (secondary N) is 2. The zero-order valence-electron chi connectivity index (χ0n) is 10.9. The van der Waals surface area contributed by atoms with Gasteiger partial charge in [-0.15, -0.1) is 11.3 Å². The number of fused-ring (bicyclic) bond motifs is 1. The highest BCUT2D eigenvalue weighted by atomic mass is 32.1. The van der Waals surface area contributed by atoms with E-state index in [1.165, 1.54) is 43.5 Å². The molecule has 0 spiro atoms. The van der Waals surface area contributed by atoms with E-state index in [0.717, 1.165) is 25.0 Å². The third kappa shape index (κ3) is 3.11. The van der Waals surface area contributed by atoms with Gasteiger partial charge in [0.25, 0.3) is 0 Å². The summed E-state index contributed by atoms with van der Waals surface area (Å²) in [6.45, 7) is 2.01. The Bertz CT molecular complexity index is 352. The van der Waals surface area contributed by atoms with Crippen LogP contribution in [0, 0.1) is 5.92 Å². The van der Waals surface area contributed by atoms with Crippen molar-refractivity contribution in [2.24, 2.45) is 5.92 Å². The van der Waals surface area contributed by atoms with Gasteiger partial charge in [-0.05, 0) is 31.6 Å². The lowest BCUT2D eigenvalue weighted by atomic mass is 9.78. The number of piperidine rings is 1. The topological polar surface area (TPSA) is 37.0 Å². The minimum absolute atomic E-state index is 0.671. The molecule has 18 heavy (non-hydrogen) atoms. The minimum Gasteiger partial charge on any atom is -0.310 e. The smallest absolute Gasteiger partial charge is 0.106 e. The van der Waals surface area contributed by atoms with Crippen molar-refractivity contribution in [3.05, 3.63) is 16.6 Å². The lowest BCUT2D eigenvalue weighted by molar-refractivity contribution is 0.174. The predicted octanol–water partition coefficient (Wildman–Crippen LogP) is 2.54. The van der Waals surface area contributed by atoms with Crippen molar-refractivity contribution in [3.8, 4) is 0 Å². The summed E-state index contributed by atoms with van der Waals surface area (Å²) in [5.41, 5.74) is 0.